The van der Waals surface area contributed by atoms with Crippen molar-refractivity contribution in [1.82, 2.24) is 19.9 Å². The summed E-state index contributed by atoms with van der Waals surface area (Å²) in [6, 6.07) is 9.20. The van der Waals surface area contributed by atoms with Gasteiger partial charge in [-0.1, -0.05) is 25.7 Å². The van der Waals surface area contributed by atoms with E-state index in [0.717, 1.165) is 29.4 Å². The van der Waals surface area contributed by atoms with Gasteiger partial charge in [0, 0.05) is 39.0 Å². The average molecular weight is 408 g/mol. The molecule has 2 N–H and O–H groups in total. The molecule has 4 rings (SSSR count). The van der Waals surface area contributed by atoms with Crippen molar-refractivity contribution in [3.8, 4) is 11.5 Å². The second kappa shape index (κ2) is 9.15. The lowest BCUT2D eigenvalue weighted by Gasteiger charge is -2.15. The van der Waals surface area contributed by atoms with Crippen LogP contribution in [0.2, 0.25) is 0 Å². The van der Waals surface area contributed by atoms with Crippen molar-refractivity contribution >= 4 is 22.9 Å². The van der Waals surface area contributed by atoms with Crippen LogP contribution in [-0.4, -0.2) is 34.0 Å². The molecule has 0 bridgehead atoms. The summed E-state index contributed by atoms with van der Waals surface area (Å²) >= 11 is 0. The minimum absolute atomic E-state index is 0.245. The van der Waals surface area contributed by atoms with Gasteiger partial charge in [-0.25, -0.2) is 4.98 Å². The number of nitrogens with zero attached hydrogens (tertiary/aromatic N) is 3. The smallest absolute Gasteiger partial charge is 0.269 e. The molecule has 30 heavy (non-hydrogen) atoms. The lowest BCUT2D eigenvalue weighted by atomic mass is 10.0. The van der Waals surface area contributed by atoms with E-state index in [-0.39, 0.29) is 5.91 Å². The summed E-state index contributed by atoms with van der Waals surface area (Å²) in [6.07, 6.45) is 9.59. The van der Waals surface area contributed by atoms with Gasteiger partial charge in [-0.15, -0.1) is 0 Å². The van der Waals surface area contributed by atoms with E-state index < -0.39 is 0 Å². The molecule has 1 aliphatic rings. The van der Waals surface area contributed by atoms with E-state index >= 15 is 0 Å². The van der Waals surface area contributed by atoms with Crippen LogP contribution >= 0.6 is 0 Å². The summed E-state index contributed by atoms with van der Waals surface area (Å²) in [5, 5.41) is 6.12. The quantitative estimate of drug-likeness (QED) is 0.588. The molecule has 1 saturated carbocycles. The standard InChI is InChI=1S/C23H29N5O2/c1-24-22(29)20-14-18(11-12-25-20)30-17-9-10-21-19(13-17)27-23(28(21)2)26-15-16-7-5-3-4-6-8-16/h9-14,16H,3-8,15H2,1-2H3,(H,24,29)(H,26,27). The van der Waals surface area contributed by atoms with E-state index in [1.807, 2.05) is 25.2 Å². The highest BCUT2D eigenvalue weighted by Gasteiger charge is 2.15. The molecule has 2 aromatic heterocycles. The number of fused-ring (bicyclic) bond motifs is 1. The molecule has 2 heterocycles. The third-order valence-electron chi connectivity index (χ3n) is 5.80. The second-order valence-electron chi connectivity index (χ2n) is 7.94. The molecule has 0 spiro atoms. The summed E-state index contributed by atoms with van der Waals surface area (Å²) in [7, 11) is 3.61. The molecule has 1 fully saturated rings. The molecule has 1 aromatic carbocycles. The maximum Gasteiger partial charge on any atom is 0.269 e. The Morgan fingerprint density at radius 1 is 1.13 bits per heavy atom. The zero-order chi connectivity index (χ0) is 20.9. The zero-order valence-electron chi connectivity index (χ0n) is 17.6. The number of aromatic nitrogens is 3. The molecule has 0 aliphatic heterocycles. The first-order valence-corrected chi connectivity index (χ1v) is 10.7. The van der Waals surface area contributed by atoms with Crippen molar-refractivity contribution in [3.63, 3.8) is 0 Å². The molecule has 1 aliphatic carbocycles. The van der Waals surface area contributed by atoms with E-state index in [0.29, 0.717) is 17.2 Å². The van der Waals surface area contributed by atoms with Crippen molar-refractivity contribution in [2.45, 2.75) is 38.5 Å². The molecule has 0 unspecified atom stereocenters. The van der Waals surface area contributed by atoms with Crippen LogP contribution in [0.3, 0.4) is 0 Å². The number of benzene rings is 1. The van der Waals surface area contributed by atoms with E-state index in [1.165, 1.54) is 38.5 Å². The lowest BCUT2D eigenvalue weighted by molar-refractivity contribution is 0.0958. The topological polar surface area (TPSA) is 81.1 Å². The molecule has 0 atom stereocenters. The van der Waals surface area contributed by atoms with Crippen LogP contribution in [0.15, 0.2) is 36.5 Å². The predicted molar refractivity (Wildman–Crippen MR) is 118 cm³/mol. The third-order valence-corrected chi connectivity index (χ3v) is 5.80. The minimum atomic E-state index is -0.245. The third kappa shape index (κ3) is 4.56. The van der Waals surface area contributed by atoms with E-state index in [9.17, 15) is 4.79 Å². The maximum absolute atomic E-state index is 11.8. The fourth-order valence-corrected chi connectivity index (χ4v) is 4.07. The van der Waals surface area contributed by atoms with Crippen LogP contribution < -0.4 is 15.4 Å². The first-order valence-electron chi connectivity index (χ1n) is 10.7. The summed E-state index contributed by atoms with van der Waals surface area (Å²) in [5.74, 6) is 2.60. The summed E-state index contributed by atoms with van der Waals surface area (Å²) in [4.78, 5) is 20.6. The van der Waals surface area contributed by atoms with Gasteiger partial charge in [0.05, 0.1) is 11.0 Å². The molecule has 1 amide bonds. The van der Waals surface area contributed by atoms with Crippen molar-refractivity contribution < 1.29 is 9.53 Å². The van der Waals surface area contributed by atoms with E-state index in [4.69, 9.17) is 9.72 Å². The number of imidazole rings is 1. The number of nitrogens with one attached hydrogen (secondary N) is 2. The number of anilines is 1. The first-order chi connectivity index (χ1) is 14.6. The maximum atomic E-state index is 11.8. The highest BCUT2D eigenvalue weighted by atomic mass is 16.5. The number of carbonyl (C=O) groups excluding carboxylic acids is 1. The molecule has 0 saturated heterocycles. The lowest BCUT2D eigenvalue weighted by Crippen LogP contribution is -2.18. The van der Waals surface area contributed by atoms with Crippen LogP contribution in [-0.2, 0) is 7.05 Å². The number of carbonyl (C=O) groups is 1. The van der Waals surface area contributed by atoms with Gasteiger partial charge in [-0.2, -0.15) is 0 Å². The fraction of sp³-hybridized carbons (Fsp3) is 0.435. The Hall–Kier alpha value is -3.09. The number of ether oxygens (including phenoxy) is 1. The molecular formula is C23H29N5O2. The number of hydrogen-bond acceptors (Lipinski definition) is 5. The van der Waals surface area contributed by atoms with Gasteiger partial charge < -0.3 is 19.9 Å². The van der Waals surface area contributed by atoms with Gasteiger partial charge >= 0.3 is 0 Å². The molecular weight excluding hydrogens is 378 g/mol. The molecule has 3 aromatic rings. The van der Waals surface area contributed by atoms with Crippen LogP contribution in [0.25, 0.3) is 11.0 Å². The van der Waals surface area contributed by atoms with Gasteiger partial charge in [0.1, 0.15) is 17.2 Å². The van der Waals surface area contributed by atoms with Gasteiger partial charge in [0.2, 0.25) is 5.95 Å². The van der Waals surface area contributed by atoms with Crippen LogP contribution in [0, 0.1) is 5.92 Å². The highest BCUT2D eigenvalue weighted by Crippen LogP contribution is 2.28. The zero-order valence-corrected chi connectivity index (χ0v) is 17.6. The number of rotatable bonds is 6. The van der Waals surface area contributed by atoms with Crippen molar-refractivity contribution in [2.75, 3.05) is 18.9 Å². The Balaban J connectivity index is 1.48. The Bertz CT molecular complexity index is 1020. The van der Waals surface area contributed by atoms with Crippen molar-refractivity contribution in [3.05, 3.63) is 42.2 Å². The molecule has 0 radical (unpaired) electrons. The molecule has 7 nitrogen and oxygen atoms in total. The van der Waals surface area contributed by atoms with Gasteiger partial charge in [0.25, 0.3) is 5.91 Å². The van der Waals surface area contributed by atoms with Gasteiger partial charge in [-0.05, 0) is 37.0 Å². The second-order valence-corrected chi connectivity index (χ2v) is 7.94. The summed E-state index contributed by atoms with van der Waals surface area (Å²) < 4.78 is 8.04. The Morgan fingerprint density at radius 3 is 2.67 bits per heavy atom. The number of pyridine rings is 1. The van der Waals surface area contributed by atoms with Gasteiger partial charge in [-0.3, -0.25) is 9.78 Å². The fourth-order valence-electron chi connectivity index (χ4n) is 4.07. The first kappa shape index (κ1) is 20.2. The Morgan fingerprint density at radius 2 is 1.90 bits per heavy atom. The normalized spacial score (nSPS) is 15.0. The summed E-state index contributed by atoms with van der Waals surface area (Å²) in [5.41, 5.74) is 2.24. The van der Waals surface area contributed by atoms with E-state index in [2.05, 4.69) is 20.2 Å². The van der Waals surface area contributed by atoms with Crippen LogP contribution in [0.5, 0.6) is 11.5 Å². The number of amides is 1. The SMILES string of the molecule is CNC(=O)c1cc(Oc2ccc3c(c2)nc(NCC2CCCCCC2)n3C)ccn1. The van der Waals surface area contributed by atoms with Crippen LogP contribution in [0.4, 0.5) is 5.95 Å². The summed E-state index contributed by atoms with van der Waals surface area (Å²) in [6.45, 7) is 0.972. The predicted octanol–water partition coefficient (Wildman–Crippen LogP) is 4.50. The molecule has 158 valence electrons. The Kier molecular flexibility index (Phi) is 6.16. The average Bonchev–Trinajstić information content (AvgIpc) is 2.93. The van der Waals surface area contributed by atoms with E-state index in [1.54, 1.807) is 25.4 Å². The van der Waals surface area contributed by atoms with Crippen molar-refractivity contribution in [2.24, 2.45) is 13.0 Å². The number of aryl methyl sites for hydroxylation is 1. The van der Waals surface area contributed by atoms with Crippen LogP contribution in [0.1, 0.15) is 49.0 Å². The minimum Gasteiger partial charge on any atom is -0.457 e. The Labute approximate surface area is 176 Å². The van der Waals surface area contributed by atoms with Gasteiger partial charge in [0.15, 0.2) is 0 Å². The highest BCUT2D eigenvalue weighted by molar-refractivity contribution is 5.92. The number of hydrogen-bond donors (Lipinski definition) is 2. The molecule has 7 heteroatoms. The van der Waals surface area contributed by atoms with Crippen molar-refractivity contribution in [1.29, 1.82) is 0 Å². The largest absolute Gasteiger partial charge is 0.457 e. The monoisotopic (exact) mass is 407 g/mol.